The molecule has 1 aromatic carbocycles. The van der Waals surface area contributed by atoms with Crippen molar-refractivity contribution in [2.45, 2.75) is 26.2 Å². The van der Waals surface area contributed by atoms with Crippen LogP contribution < -0.4 is 0 Å². The molecule has 0 amide bonds. The summed E-state index contributed by atoms with van der Waals surface area (Å²) in [6.45, 7) is 3.34. The fourth-order valence-corrected chi connectivity index (χ4v) is 2.99. The van der Waals surface area contributed by atoms with Crippen molar-refractivity contribution in [3.63, 3.8) is 0 Å². The fraction of sp³-hybridized carbons (Fsp3) is 0.375. The van der Waals surface area contributed by atoms with Gasteiger partial charge in [-0.05, 0) is 30.8 Å². The molecule has 0 atom stereocenters. The molecular weight excluding hydrogens is 280 g/mol. The number of H-pyrrole nitrogens is 1. The molecule has 0 unspecified atom stereocenters. The van der Waals surface area contributed by atoms with Gasteiger partial charge in [-0.3, -0.25) is 14.9 Å². The summed E-state index contributed by atoms with van der Waals surface area (Å²) in [5.41, 5.74) is 4.91. The van der Waals surface area contributed by atoms with Crippen LogP contribution in [0.2, 0.25) is 0 Å². The van der Waals surface area contributed by atoms with Crippen LogP contribution in [0.5, 0.6) is 0 Å². The molecule has 2 aromatic rings. The molecular formula is C16H20N4O2. The average Bonchev–Trinajstić information content (AvgIpc) is 3.03. The van der Waals surface area contributed by atoms with Crippen LogP contribution in [0.1, 0.15) is 32.7 Å². The predicted molar refractivity (Wildman–Crippen MR) is 82.3 cm³/mol. The number of aromatic amines is 1. The number of aromatic carboxylic acids is 1. The Hall–Kier alpha value is -2.18. The first kappa shape index (κ1) is 14.7. The third-order valence-corrected chi connectivity index (χ3v) is 3.98. The highest BCUT2D eigenvalue weighted by Crippen LogP contribution is 2.23. The van der Waals surface area contributed by atoms with Crippen molar-refractivity contribution >= 4 is 5.97 Å². The largest absolute Gasteiger partial charge is 0.477 e. The summed E-state index contributed by atoms with van der Waals surface area (Å²) in [6.07, 6.45) is 1.58. The standard InChI is InChI=1S/C16H20N4O2/c1-19(10-14-6-17-18-15(14)16(21)22)7-11-3-4-12-8-20(2)9-13(12)5-11/h3-6H,7-10H2,1-2H3,(H,17,18)(H,21,22). The molecule has 116 valence electrons. The maximum absolute atomic E-state index is 11.1. The minimum atomic E-state index is -0.971. The number of nitrogens with zero attached hydrogens (tertiary/aromatic N) is 3. The van der Waals surface area contributed by atoms with E-state index in [1.165, 1.54) is 16.7 Å². The number of fused-ring (bicyclic) bond motifs is 1. The molecule has 3 rings (SSSR count). The number of carbonyl (C=O) groups is 1. The highest BCUT2D eigenvalue weighted by atomic mass is 16.4. The molecule has 6 nitrogen and oxygen atoms in total. The Balaban J connectivity index is 1.67. The van der Waals surface area contributed by atoms with Gasteiger partial charge in [-0.25, -0.2) is 4.79 Å². The summed E-state index contributed by atoms with van der Waals surface area (Å²) in [4.78, 5) is 15.5. The van der Waals surface area contributed by atoms with Gasteiger partial charge in [0, 0.05) is 31.7 Å². The van der Waals surface area contributed by atoms with Gasteiger partial charge in [-0.1, -0.05) is 18.2 Å². The van der Waals surface area contributed by atoms with Crippen molar-refractivity contribution < 1.29 is 9.90 Å². The monoisotopic (exact) mass is 300 g/mol. The lowest BCUT2D eigenvalue weighted by molar-refractivity contribution is 0.0688. The summed E-state index contributed by atoms with van der Waals surface area (Å²) < 4.78 is 0. The number of rotatable bonds is 5. The number of carboxylic acid groups (broad SMARTS) is 1. The molecule has 1 aliphatic rings. The lowest BCUT2D eigenvalue weighted by atomic mass is 10.1. The van der Waals surface area contributed by atoms with Crippen LogP contribution in [0, 0.1) is 0 Å². The number of aromatic nitrogens is 2. The third-order valence-electron chi connectivity index (χ3n) is 3.98. The van der Waals surface area contributed by atoms with Crippen LogP contribution in [0.3, 0.4) is 0 Å². The number of carboxylic acids is 1. The minimum Gasteiger partial charge on any atom is -0.477 e. The highest BCUT2D eigenvalue weighted by Gasteiger charge is 2.17. The van der Waals surface area contributed by atoms with Crippen LogP contribution in [0.15, 0.2) is 24.4 Å². The van der Waals surface area contributed by atoms with E-state index < -0.39 is 5.97 Å². The number of benzene rings is 1. The topological polar surface area (TPSA) is 72.5 Å². The second kappa shape index (κ2) is 5.90. The van der Waals surface area contributed by atoms with Gasteiger partial charge >= 0.3 is 5.97 Å². The van der Waals surface area contributed by atoms with Crippen LogP contribution in [-0.2, 0) is 26.2 Å². The van der Waals surface area contributed by atoms with Gasteiger partial charge in [0.05, 0.1) is 6.20 Å². The molecule has 2 heterocycles. The van der Waals surface area contributed by atoms with E-state index in [9.17, 15) is 4.79 Å². The van der Waals surface area contributed by atoms with Crippen molar-refractivity contribution in [3.05, 3.63) is 52.3 Å². The minimum absolute atomic E-state index is 0.169. The van der Waals surface area contributed by atoms with Crippen molar-refractivity contribution in [1.82, 2.24) is 20.0 Å². The van der Waals surface area contributed by atoms with Crippen LogP contribution in [0.25, 0.3) is 0 Å². The number of hydrogen-bond acceptors (Lipinski definition) is 4. The number of hydrogen-bond donors (Lipinski definition) is 2. The average molecular weight is 300 g/mol. The Labute approximate surface area is 129 Å². The summed E-state index contributed by atoms with van der Waals surface area (Å²) in [6, 6.07) is 6.60. The van der Waals surface area contributed by atoms with Gasteiger partial charge < -0.3 is 5.11 Å². The normalized spacial score (nSPS) is 14.5. The maximum atomic E-state index is 11.1. The first-order valence-electron chi connectivity index (χ1n) is 7.26. The lowest BCUT2D eigenvalue weighted by Crippen LogP contribution is -2.18. The van der Waals surface area contributed by atoms with Gasteiger partial charge in [-0.2, -0.15) is 5.10 Å². The smallest absolute Gasteiger partial charge is 0.354 e. The van der Waals surface area contributed by atoms with Gasteiger partial charge in [0.2, 0.25) is 0 Å². The Morgan fingerprint density at radius 2 is 2.14 bits per heavy atom. The Bertz CT molecular complexity index is 695. The molecule has 2 N–H and O–H groups in total. The molecule has 6 heteroatoms. The van der Waals surface area contributed by atoms with Crippen LogP contribution in [0.4, 0.5) is 0 Å². The second-order valence-electron chi connectivity index (χ2n) is 6.02. The second-order valence-corrected chi connectivity index (χ2v) is 6.02. The molecule has 0 spiro atoms. The highest BCUT2D eigenvalue weighted by molar-refractivity contribution is 5.86. The molecule has 22 heavy (non-hydrogen) atoms. The van der Waals surface area contributed by atoms with Gasteiger partial charge in [0.25, 0.3) is 0 Å². The van der Waals surface area contributed by atoms with E-state index in [0.717, 1.165) is 19.6 Å². The molecule has 0 aliphatic carbocycles. The van der Waals surface area contributed by atoms with Crippen molar-refractivity contribution in [1.29, 1.82) is 0 Å². The summed E-state index contributed by atoms with van der Waals surface area (Å²) >= 11 is 0. The third kappa shape index (κ3) is 3.03. The zero-order valence-corrected chi connectivity index (χ0v) is 12.8. The molecule has 1 aromatic heterocycles. The van der Waals surface area contributed by atoms with E-state index in [-0.39, 0.29) is 5.69 Å². The molecule has 1 aliphatic heterocycles. The van der Waals surface area contributed by atoms with Gasteiger partial charge in [-0.15, -0.1) is 0 Å². The summed E-state index contributed by atoms with van der Waals surface area (Å²) in [7, 11) is 4.11. The van der Waals surface area contributed by atoms with E-state index in [0.29, 0.717) is 12.1 Å². The number of nitrogens with one attached hydrogen (secondary N) is 1. The van der Waals surface area contributed by atoms with E-state index in [1.54, 1.807) is 6.20 Å². The fourth-order valence-electron chi connectivity index (χ4n) is 2.99. The predicted octanol–water partition coefficient (Wildman–Crippen LogP) is 1.69. The molecule has 0 bridgehead atoms. The first-order valence-corrected chi connectivity index (χ1v) is 7.26. The van der Waals surface area contributed by atoms with E-state index in [1.807, 2.05) is 7.05 Å². The quantitative estimate of drug-likeness (QED) is 0.879. The molecule has 0 saturated heterocycles. The lowest BCUT2D eigenvalue weighted by Gasteiger charge is -2.16. The van der Waals surface area contributed by atoms with E-state index >= 15 is 0 Å². The van der Waals surface area contributed by atoms with E-state index in [2.05, 4.69) is 45.2 Å². The van der Waals surface area contributed by atoms with Crippen molar-refractivity contribution in [3.8, 4) is 0 Å². The molecule has 0 radical (unpaired) electrons. The SMILES string of the molecule is CN1Cc2ccc(CN(C)Cc3cn[nH]c3C(=O)O)cc2C1. The van der Waals surface area contributed by atoms with Gasteiger partial charge in [0.1, 0.15) is 5.69 Å². The summed E-state index contributed by atoms with van der Waals surface area (Å²) in [5, 5.41) is 15.4. The maximum Gasteiger partial charge on any atom is 0.354 e. The van der Waals surface area contributed by atoms with Crippen LogP contribution >= 0.6 is 0 Å². The Morgan fingerprint density at radius 1 is 1.36 bits per heavy atom. The zero-order chi connectivity index (χ0) is 15.7. The van der Waals surface area contributed by atoms with Gasteiger partial charge in [0.15, 0.2) is 0 Å². The molecule has 0 fully saturated rings. The first-order chi connectivity index (χ1) is 10.5. The van der Waals surface area contributed by atoms with Crippen molar-refractivity contribution in [2.24, 2.45) is 0 Å². The van der Waals surface area contributed by atoms with Crippen molar-refractivity contribution in [2.75, 3.05) is 14.1 Å². The zero-order valence-electron chi connectivity index (χ0n) is 12.8. The molecule has 0 saturated carbocycles. The summed E-state index contributed by atoms with van der Waals surface area (Å²) in [5.74, 6) is -0.971. The van der Waals surface area contributed by atoms with Crippen LogP contribution in [-0.4, -0.2) is 45.2 Å². The van der Waals surface area contributed by atoms with E-state index in [4.69, 9.17) is 5.11 Å². The Kier molecular flexibility index (Phi) is 3.96. The Morgan fingerprint density at radius 3 is 2.91 bits per heavy atom.